The van der Waals surface area contributed by atoms with E-state index in [0.717, 1.165) is 41.3 Å². The van der Waals surface area contributed by atoms with Crippen LogP contribution in [0.4, 0.5) is 11.4 Å². The smallest absolute Gasteiger partial charge is 0.234 e. The number of carbonyl (C=O) groups excluding carboxylic acids is 2. The maximum Gasteiger partial charge on any atom is 0.234 e. The van der Waals surface area contributed by atoms with Gasteiger partial charge in [0.2, 0.25) is 11.8 Å². The lowest BCUT2D eigenvalue weighted by Gasteiger charge is -2.16. The number of carbonyl (C=O) groups is 2. The summed E-state index contributed by atoms with van der Waals surface area (Å²) >= 11 is 1.35. The van der Waals surface area contributed by atoms with E-state index in [2.05, 4.69) is 46.7 Å². The van der Waals surface area contributed by atoms with Gasteiger partial charge in [-0.2, -0.15) is 0 Å². The summed E-state index contributed by atoms with van der Waals surface area (Å²) in [6.07, 6.45) is 2.12. The van der Waals surface area contributed by atoms with Crippen molar-refractivity contribution >= 4 is 35.0 Å². The van der Waals surface area contributed by atoms with Crippen LogP contribution >= 0.6 is 11.8 Å². The van der Waals surface area contributed by atoms with Gasteiger partial charge >= 0.3 is 0 Å². The van der Waals surface area contributed by atoms with Crippen LogP contribution in [0.15, 0.2) is 84.0 Å². The molecule has 1 N–H and O–H groups in total. The first-order valence-corrected chi connectivity index (χ1v) is 12.9. The number of hydrogen-bond acceptors (Lipinski definition) is 5. The predicted octanol–water partition coefficient (Wildman–Crippen LogP) is 5.02. The quantitative estimate of drug-likeness (QED) is 0.346. The standard InChI is InChI=1S/C28H27N5O2S/c1-20-7-5-10-24(17-20)33-25(18-21-8-3-2-4-9-21)30-31-28(33)36-19-26(34)29-22-12-14-23(15-13-22)32-16-6-11-27(32)35/h2-5,7-10,12-15,17H,6,11,16,18-19H2,1H3,(H,29,34). The van der Waals surface area contributed by atoms with Gasteiger partial charge in [0.15, 0.2) is 5.16 Å². The molecule has 7 nitrogen and oxygen atoms in total. The van der Waals surface area contributed by atoms with Crippen molar-refractivity contribution < 1.29 is 9.59 Å². The Kier molecular flexibility index (Phi) is 7.13. The molecular formula is C28H27N5O2S. The van der Waals surface area contributed by atoms with Crippen LogP contribution in [-0.2, 0) is 16.0 Å². The van der Waals surface area contributed by atoms with E-state index in [4.69, 9.17) is 0 Å². The zero-order valence-corrected chi connectivity index (χ0v) is 20.9. The Bertz CT molecular complexity index is 1370. The van der Waals surface area contributed by atoms with Crippen LogP contribution in [-0.4, -0.2) is 38.9 Å². The Balaban J connectivity index is 1.28. The van der Waals surface area contributed by atoms with Crippen LogP contribution in [0, 0.1) is 6.92 Å². The molecule has 0 unspecified atom stereocenters. The third-order valence-electron chi connectivity index (χ3n) is 6.03. The van der Waals surface area contributed by atoms with Crippen LogP contribution in [0.5, 0.6) is 0 Å². The van der Waals surface area contributed by atoms with Crippen molar-refractivity contribution in [3.05, 3.63) is 95.8 Å². The van der Waals surface area contributed by atoms with Gasteiger partial charge in [-0.15, -0.1) is 10.2 Å². The number of aryl methyl sites for hydroxylation is 1. The van der Waals surface area contributed by atoms with Crippen molar-refractivity contribution in [2.45, 2.75) is 31.3 Å². The molecule has 1 aliphatic rings. The first kappa shape index (κ1) is 23.8. The molecule has 4 aromatic rings. The Morgan fingerprint density at radius 1 is 0.972 bits per heavy atom. The number of hydrogen-bond donors (Lipinski definition) is 1. The van der Waals surface area contributed by atoms with Gasteiger partial charge in [-0.1, -0.05) is 54.2 Å². The summed E-state index contributed by atoms with van der Waals surface area (Å²) in [5.41, 5.74) is 4.82. The summed E-state index contributed by atoms with van der Waals surface area (Å²) in [5, 5.41) is 12.5. The average Bonchev–Trinajstić information content (AvgIpc) is 3.50. The number of amides is 2. The number of nitrogens with one attached hydrogen (secondary N) is 1. The van der Waals surface area contributed by atoms with Gasteiger partial charge in [0, 0.05) is 36.4 Å². The SMILES string of the molecule is Cc1cccc(-n2c(Cc3ccccc3)nnc2SCC(=O)Nc2ccc(N3CCCC3=O)cc2)c1. The van der Waals surface area contributed by atoms with E-state index in [9.17, 15) is 9.59 Å². The molecule has 0 bridgehead atoms. The van der Waals surface area contributed by atoms with Gasteiger partial charge in [0.05, 0.1) is 5.75 Å². The lowest BCUT2D eigenvalue weighted by atomic mass is 10.1. The van der Waals surface area contributed by atoms with E-state index in [1.807, 2.05) is 59.2 Å². The first-order valence-electron chi connectivity index (χ1n) is 12.0. The van der Waals surface area contributed by atoms with Crippen molar-refractivity contribution in [3.63, 3.8) is 0 Å². The minimum atomic E-state index is -0.131. The summed E-state index contributed by atoms with van der Waals surface area (Å²) in [6, 6.07) is 25.7. The second-order valence-corrected chi connectivity index (χ2v) is 9.71. The zero-order chi connectivity index (χ0) is 24.9. The van der Waals surface area contributed by atoms with E-state index in [1.165, 1.54) is 11.8 Å². The third kappa shape index (κ3) is 5.49. The van der Waals surface area contributed by atoms with Crippen LogP contribution in [0.2, 0.25) is 0 Å². The lowest BCUT2D eigenvalue weighted by Crippen LogP contribution is -2.23. The molecule has 3 aromatic carbocycles. The van der Waals surface area contributed by atoms with Gasteiger partial charge in [0.25, 0.3) is 0 Å². The maximum atomic E-state index is 12.7. The second kappa shape index (κ2) is 10.8. The zero-order valence-electron chi connectivity index (χ0n) is 20.1. The van der Waals surface area contributed by atoms with Crippen LogP contribution < -0.4 is 10.2 Å². The predicted molar refractivity (Wildman–Crippen MR) is 143 cm³/mol. The molecule has 182 valence electrons. The average molecular weight is 498 g/mol. The fraction of sp³-hybridized carbons (Fsp3) is 0.214. The van der Waals surface area contributed by atoms with Crippen molar-refractivity contribution in [3.8, 4) is 5.69 Å². The van der Waals surface area contributed by atoms with Gasteiger partial charge in [-0.25, -0.2) is 0 Å². The number of aromatic nitrogens is 3. The molecule has 0 atom stereocenters. The molecule has 8 heteroatoms. The molecule has 2 amide bonds. The Labute approximate surface area is 214 Å². The molecule has 5 rings (SSSR count). The summed E-state index contributed by atoms with van der Waals surface area (Å²) in [7, 11) is 0. The summed E-state index contributed by atoms with van der Waals surface area (Å²) < 4.78 is 2.03. The third-order valence-corrected chi connectivity index (χ3v) is 6.96. The molecule has 0 aliphatic carbocycles. The van der Waals surface area contributed by atoms with Gasteiger partial charge in [-0.05, 0) is 60.9 Å². The van der Waals surface area contributed by atoms with E-state index in [-0.39, 0.29) is 17.6 Å². The van der Waals surface area contributed by atoms with Gasteiger partial charge in [0.1, 0.15) is 5.82 Å². The Morgan fingerprint density at radius 3 is 2.50 bits per heavy atom. The molecular weight excluding hydrogens is 470 g/mol. The number of thioether (sulfide) groups is 1. The van der Waals surface area contributed by atoms with E-state index < -0.39 is 0 Å². The topological polar surface area (TPSA) is 80.1 Å². The highest BCUT2D eigenvalue weighted by molar-refractivity contribution is 7.99. The van der Waals surface area contributed by atoms with Crippen molar-refractivity contribution in [2.75, 3.05) is 22.5 Å². The monoisotopic (exact) mass is 497 g/mol. The molecule has 36 heavy (non-hydrogen) atoms. The van der Waals surface area contributed by atoms with Gasteiger partial charge < -0.3 is 10.2 Å². The molecule has 1 fully saturated rings. The molecule has 0 radical (unpaired) electrons. The fourth-order valence-corrected chi connectivity index (χ4v) is 5.06. The number of anilines is 2. The number of benzene rings is 3. The summed E-state index contributed by atoms with van der Waals surface area (Å²) in [6.45, 7) is 2.80. The molecule has 1 saturated heterocycles. The number of nitrogens with zero attached hydrogens (tertiary/aromatic N) is 4. The largest absolute Gasteiger partial charge is 0.325 e. The van der Waals surface area contributed by atoms with Gasteiger partial charge in [-0.3, -0.25) is 14.2 Å². The van der Waals surface area contributed by atoms with E-state index in [1.54, 1.807) is 4.90 Å². The van der Waals surface area contributed by atoms with E-state index in [0.29, 0.717) is 23.7 Å². The minimum Gasteiger partial charge on any atom is -0.325 e. The first-order chi connectivity index (χ1) is 17.6. The Morgan fingerprint density at radius 2 is 1.78 bits per heavy atom. The number of rotatable bonds is 8. The molecule has 1 aliphatic heterocycles. The maximum absolute atomic E-state index is 12.7. The van der Waals surface area contributed by atoms with Crippen LogP contribution in [0.3, 0.4) is 0 Å². The van der Waals surface area contributed by atoms with Crippen LogP contribution in [0.25, 0.3) is 5.69 Å². The summed E-state index contributed by atoms with van der Waals surface area (Å²) in [5.74, 6) is 1.03. The lowest BCUT2D eigenvalue weighted by molar-refractivity contribution is -0.117. The molecule has 0 spiro atoms. The molecule has 0 saturated carbocycles. The minimum absolute atomic E-state index is 0.131. The van der Waals surface area contributed by atoms with Crippen molar-refractivity contribution in [1.29, 1.82) is 0 Å². The normalized spacial score (nSPS) is 13.2. The highest BCUT2D eigenvalue weighted by Crippen LogP contribution is 2.26. The van der Waals surface area contributed by atoms with Crippen LogP contribution in [0.1, 0.15) is 29.8 Å². The van der Waals surface area contributed by atoms with Crippen molar-refractivity contribution in [1.82, 2.24) is 14.8 Å². The highest BCUT2D eigenvalue weighted by atomic mass is 32.2. The highest BCUT2D eigenvalue weighted by Gasteiger charge is 2.21. The molecule has 2 heterocycles. The summed E-state index contributed by atoms with van der Waals surface area (Å²) in [4.78, 5) is 26.5. The second-order valence-electron chi connectivity index (χ2n) is 8.77. The molecule has 1 aromatic heterocycles. The van der Waals surface area contributed by atoms with Crippen molar-refractivity contribution in [2.24, 2.45) is 0 Å². The van der Waals surface area contributed by atoms with E-state index >= 15 is 0 Å². The fourth-order valence-electron chi connectivity index (χ4n) is 4.29. The Hall–Kier alpha value is -3.91.